The molecule has 0 amide bonds. The summed E-state index contributed by atoms with van der Waals surface area (Å²) < 4.78 is 38.9. The number of benzene rings is 1. The summed E-state index contributed by atoms with van der Waals surface area (Å²) in [5.41, 5.74) is 0.398. The number of hydrogen-bond acceptors (Lipinski definition) is 2. The summed E-state index contributed by atoms with van der Waals surface area (Å²) in [5.74, 6) is 0. The fraction of sp³-hybridized carbons (Fsp3) is 0.385. The normalized spacial score (nSPS) is 14.1. The van der Waals surface area contributed by atoms with Crippen LogP contribution in [0, 0.1) is 0 Å². The molecule has 0 fully saturated rings. The van der Waals surface area contributed by atoms with Gasteiger partial charge < -0.3 is 5.32 Å². The van der Waals surface area contributed by atoms with Gasteiger partial charge in [-0.05, 0) is 54.9 Å². The van der Waals surface area contributed by atoms with Gasteiger partial charge in [0.15, 0.2) is 0 Å². The highest BCUT2D eigenvalue weighted by molar-refractivity contribution is 7.17. The van der Waals surface area contributed by atoms with Gasteiger partial charge in [0.2, 0.25) is 0 Å². The summed E-state index contributed by atoms with van der Waals surface area (Å²) in [5, 5.41) is 5.76. The fourth-order valence-corrected chi connectivity index (χ4v) is 2.80. The Morgan fingerprint density at radius 1 is 1.33 bits per heavy atom. The quantitative estimate of drug-likeness (QED) is 0.889. The average Bonchev–Trinajstić information content (AvgIpc) is 2.70. The summed E-state index contributed by atoms with van der Waals surface area (Å²) in [7, 11) is 1.85. The lowest BCUT2D eigenvalue weighted by molar-refractivity contribution is -0.137. The van der Waals surface area contributed by atoms with Gasteiger partial charge in [-0.25, -0.2) is 0 Å². The molecule has 0 bridgehead atoms. The Morgan fingerprint density at radius 2 is 2.06 bits per heavy atom. The Bertz CT molecular complexity index is 545. The molecule has 0 aliphatic rings. The molecule has 0 spiro atoms. The van der Waals surface area contributed by atoms with Crippen LogP contribution in [0.1, 0.15) is 18.1 Å². The first kappa shape index (κ1) is 13.4. The van der Waals surface area contributed by atoms with Crippen molar-refractivity contribution in [2.45, 2.75) is 25.6 Å². The smallest absolute Gasteiger partial charge is 0.317 e. The van der Waals surface area contributed by atoms with E-state index in [1.165, 1.54) is 17.4 Å². The Labute approximate surface area is 108 Å². The number of halogens is 3. The average molecular weight is 273 g/mol. The Morgan fingerprint density at radius 3 is 2.67 bits per heavy atom. The summed E-state index contributed by atoms with van der Waals surface area (Å²) in [6.07, 6.45) is -3.54. The largest absolute Gasteiger partial charge is 0.416 e. The van der Waals surface area contributed by atoms with Crippen molar-refractivity contribution in [3.8, 4) is 0 Å². The Balaban J connectivity index is 2.43. The molecule has 98 valence electrons. The first-order valence-corrected chi connectivity index (χ1v) is 6.54. The Kier molecular flexibility index (Phi) is 3.64. The lowest BCUT2D eigenvalue weighted by atomic mass is 10.0. The third-order valence-corrected chi connectivity index (χ3v) is 4.01. The van der Waals surface area contributed by atoms with Gasteiger partial charge in [0.05, 0.1) is 5.56 Å². The summed E-state index contributed by atoms with van der Waals surface area (Å²) >= 11 is 1.49. The van der Waals surface area contributed by atoms with Gasteiger partial charge in [-0.2, -0.15) is 13.2 Å². The van der Waals surface area contributed by atoms with Crippen molar-refractivity contribution in [1.29, 1.82) is 0 Å². The number of likely N-dealkylation sites (N-methyl/N-ethyl adjacent to an activating group) is 1. The molecule has 0 aliphatic heterocycles. The third-order valence-electron chi connectivity index (χ3n) is 3.00. The van der Waals surface area contributed by atoms with Gasteiger partial charge in [0, 0.05) is 10.7 Å². The van der Waals surface area contributed by atoms with Crippen molar-refractivity contribution in [2.24, 2.45) is 0 Å². The number of fused-ring (bicyclic) bond motifs is 1. The minimum absolute atomic E-state index is 0.248. The van der Waals surface area contributed by atoms with E-state index >= 15 is 0 Å². The van der Waals surface area contributed by atoms with E-state index in [9.17, 15) is 13.2 Å². The maximum atomic E-state index is 12.7. The van der Waals surface area contributed by atoms with Crippen LogP contribution in [0.25, 0.3) is 10.1 Å². The highest BCUT2D eigenvalue weighted by atomic mass is 32.1. The molecule has 0 radical (unpaired) electrons. The molecule has 1 atom stereocenters. The van der Waals surface area contributed by atoms with Crippen molar-refractivity contribution in [1.82, 2.24) is 5.32 Å². The van der Waals surface area contributed by atoms with Gasteiger partial charge in [-0.15, -0.1) is 11.3 Å². The monoisotopic (exact) mass is 273 g/mol. The zero-order chi connectivity index (χ0) is 13.3. The molecule has 0 saturated carbocycles. The van der Waals surface area contributed by atoms with E-state index in [2.05, 4.69) is 5.32 Å². The Hall–Kier alpha value is -1.07. The second-order valence-corrected chi connectivity index (χ2v) is 5.27. The molecular formula is C13H14F3NS. The van der Waals surface area contributed by atoms with Gasteiger partial charge in [-0.3, -0.25) is 0 Å². The number of alkyl halides is 3. The molecule has 2 aromatic rings. The molecule has 18 heavy (non-hydrogen) atoms. The van der Waals surface area contributed by atoms with Crippen LogP contribution in [0.4, 0.5) is 13.2 Å². The van der Waals surface area contributed by atoms with Crippen molar-refractivity contribution < 1.29 is 13.2 Å². The minimum Gasteiger partial charge on any atom is -0.317 e. The zero-order valence-corrected chi connectivity index (χ0v) is 11.0. The summed E-state index contributed by atoms with van der Waals surface area (Å²) in [4.78, 5) is 0. The topological polar surface area (TPSA) is 12.0 Å². The fourth-order valence-electron chi connectivity index (χ4n) is 1.85. The molecule has 1 aromatic heterocycles. The van der Waals surface area contributed by atoms with Crippen LogP contribution in [-0.2, 0) is 12.6 Å². The molecule has 1 unspecified atom stereocenters. The number of nitrogens with one attached hydrogen (secondary N) is 1. The van der Waals surface area contributed by atoms with Crippen molar-refractivity contribution in [3.05, 3.63) is 34.7 Å². The number of thiophene rings is 1. The van der Waals surface area contributed by atoms with Crippen molar-refractivity contribution in [2.75, 3.05) is 7.05 Å². The van der Waals surface area contributed by atoms with Crippen molar-refractivity contribution >= 4 is 21.4 Å². The highest BCUT2D eigenvalue weighted by Crippen LogP contribution is 2.34. The molecular weight excluding hydrogens is 259 g/mol. The van der Waals surface area contributed by atoms with Gasteiger partial charge in [-0.1, -0.05) is 0 Å². The molecule has 0 saturated heterocycles. The van der Waals surface area contributed by atoms with Crippen molar-refractivity contribution in [3.63, 3.8) is 0 Å². The summed E-state index contributed by atoms with van der Waals surface area (Å²) in [6.45, 7) is 2.01. The predicted octanol–water partition coefficient (Wildman–Crippen LogP) is 4.07. The zero-order valence-electron chi connectivity index (χ0n) is 10.1. The molecule has 2 rings (SSSR count). The van der Waals surface area contributed by atoms with Crippen LogP contribution in [-0.4, -0.2) is 13.1 Å². The van der Waals surface area contributed by atoms with E-state index in [1.54, 1.807) is 6.07 Å². The van der Waals surface area contributed by atoms with E-state index in [1.807, 2.05) is 19.4 Å². The van der Waals surface area contributed by atoms with E-state index in [0.717, 1.165) is 28.1 Å². The maximum absolute atomic E-state index is 12.7. The number of rotatable bonds is 3. The van der Waals surface area contributed by atoms with Gasteiger partial charge >= 0.3 is 6.18 Å². The molecule has 1 N–H and O–H groups in total. The van der Waals surface area contributed by atoms with Crippen LogP contribution < -0.4 is 5.32 Å². The lowest BCUT2D eigenvalue weighted by Crippen LogP contribution is -2.23. The van der Waals surface area contributed by atoms with E-state index in [-0.39, 0.29) is 6.04 Å². The van der Waals surface area contributed by atoms with Crippen LogP contribution in [0.2, 0.25) is 0 Å². The molecule has 5 heteroatoms. The lowest BCUT2D eigenvalue weighted by Gasteiger charge is -2.10. The third kappa shape index (κ3) is 2.67. The summed E-state index contributed by atoms with van der Waals surface area (Å²) in [6, 6.07) is 4.20. The molecule has 0 aliphatic carbocycles. The first-order chi connectivity index (χ1) is 8.41. The first-order valence-electron chi connectivity index (χ1n) is 5.66. The van der Waals surface area contributed by atoms with Gasteiger partial charge in [0.1, 0.15) is 0 Å². The molecule has 1 heterocycles. The SMILES string of the molecule is CNC(C)Cc1csc2ccc(C(F)(F)F)cc12. The maximum Gasteiger partial charge on any atom is 0.416 e. The van der Waals surface area contributed by atoms with Crippen LogP contribution in [0.15, 0.2) is 23.6 Å². The van der Waals surface area contributed by atoms with E-state index in [4.69, 9.17) is 0 Å². The highest BCUT2D eigenvalue weighted by Gasteiger charge is 2.30. The van der Waals surface area contributed by atoms with Crippen LogP contribution in [0.5, 0.6) is 0 Å². The number of hydrogen-bond donors (Lipinski definition) is 1. The predicted molar refractivity (Wildman–Crippen MR) is 69.1 cm³/mol. The van der Waals surface area contributed by atoms with Gasteiger partial charge in [0.25, 0.3) is 0 Å². The minimum atomic E-state index is -4.28. The van der Waals surface area contributed by atoms with Crippen LogP contribution in [0.3, 0.4) is 0 Å². The molecule has 1 nitrogen and oxygen atoms in total. The second-order valence-electron chi connectivity index (χ2n) is 4.36. The van der Waals surface area contributed by atoms with E-state index in [0.29, 0.717) is 0 Å². The van der Waals surface area contributed by atoms with Crippen LogP contribution >= 0.6 is 11.3 Å². The molecule has 1 aromatic carbocycles. The standard InChI is InChI=1S/C13H14F3NS/c1-8(17-2)5-9-7-18-12-4-3-10(6-11(9)12)13(14,15)16/h3-4,6-8,17H,5H2,1-2H3. The second kappa shape index (κ2) is 4.90. The van der Waals surface area contributed by atoms with E-state index < -0.39 is 11.7 Å².